The standard InChI is InChI=1S/C13H19NO2/c1-8(15)9(2)16-11-4-5-12-10(7-11)3-6-13(12)14/h4-5,7-9,13,15H,3,6,14H2,1-2H3/t8?,9?,13-/m0/s1. The highest BCUT2D eigenvalue weighted by atomic mass is 16.5. The summed E-state index contributed by atoms with van der Waals surface area (Å²) in [6.45, 7) is 3.59. The number of hydrogen-bond acceptors (Lipinski definition) is 3. The Labute approximate surface area is 96.2 Å². The van der Waals surface area contributed by atoms with Crippen molar-refractivity contribution in [1.29, 1.82) is 0 Å². The normalized spacial score (nSPS) is 22.6. The van der Waals surface area contributed by atoms with Crippen LogP contribution in [0.1, 0.15) is 37.4 Å². The van der Waals surface area contributed by atoms with Gasteiger partial charge in [0.25, 0.3) is 0 Å². The van der Waals surface area contributed by atoms with Crippen molar-refractivity contribution in [2.24, 2.45) is 5.73 Å². The van der Waals surface area contributed by atoms with E-state index in [9.17, 15) is 5.11 Å². The smallest absolute Gasteiger partial charge is 0.121 e. The van der Waals surface area contributed by atoms with Crippen molar-refractivity contribution in [2.75, 3.05) is 0 Å². The lowest BCUT2D eigenvalue weighted by molar-refractivity contribution is 0.0604. The summed E-state index contributed by atoms with van der Waals surface area (Å²) in [5.41, 5.74) is 8.48. The second kappa shape index (κ2) is 4.44. The number of ether oxygens (including phenoxy) is 1. The predicted octanol–water partition coefficient (Wildman–Crippen LogP) is 1.78. The molecule has 0 radical (unpaired) electrons. The SMILES string of the molecule is CC(O)C(C)Oc1ccc2c(c1)CC[C@@H]2N. The van der Waals surface area contributed by atoms with Gasteiger partial charge in [-0.1, -0.05) is 6.07 Å². The number of rotatable bonds is 3. The highest BCUT2D eigenvalue weighted by Crippen LogP contribution is 2.32. The molecular formula is C13H19NO2. The fraction of sp³-hybridized carbons (Fsp3) is 0.538. The van der Waals surface area contributed by atoms with E-state index in [4.69, 9.17) is 10.5 Å². The van der Waals surface area contributed by atoms with Crippen LogP contribution >= 0.6 is 0 Å². The Hall–Kier alpha value is -1.06. The monoisotopic (exact) mass is 221 g/mol. The summed E-state index contributed by atoms with van der Waals surface area (Å²) in [6.07, 6.45) is 1.39. The minimum absolute atomic E-state index is 0.179. The van der Waals surface area contributed by atoms with Crippen LogP contribution in [0.5, 0.6) is 5.75 Å². The molecule has 3 N–H and O–H groups in total. The van der Waals surface area contributed by atoms with Gasteiger partial charge in [0.05, 0.1) is 6.10 Å². The first kappa shape index (κ1) is 11.4. The van der Waals surface area contributed by atoms with Crippen LogP contribution in [0.15, 0.2) is 18.2 Å². The Balaban J connectivity index is 2.13. The zero-order valence-corrected chi connectivity index (χ0v) is 9.81. The van der Waals surface area contributed by atoms with Crippen molar-refractivity contribution >= 4 is 0 Å². The number of aliphatic hydroxyl groups excluding tert-OH is 1. The number of nitrogens with two attached hydrogens (primary N) is 1. The first-order valence-corrected chi connectivity index (χ1v) is 5.81. The molecule has 0 saturated carbocycles. The van der Waals surface area contributed by atoms with Crippen LogP contribution in [0, 0.1) is 0 Å². The van der Waals surface area contributed by atoms with Crippen LogP contribution in [0.2, 0.25) is 0 Å². The predicted molar refractivity (Wildman–Crippen MR) is 63.5 cm³/mol. The van der Waals surface area contributed by atoms with Gasteiger partial charge in [-0.15, -0.1) is 0 Å². The van der Waals surface area contributed by atoms with E-state index >= 15 is 0 Å². The van der Waals surface area contributed by atoms with E-state index in [1.54, 1.807) is 6.92 Å². The lowest BCUT2D eigenvalue weighted by Crippen LogP contribution is -2.25. The number of hydrogen-bond donors (Lipinski definition) is 2. The fourth-order valence-corrected chi connectivity index (χ4v) is 2.01. The Morgan fingerprint density at radius 3 is 2.88 bits per heavy atom. The molecule has 2 unspecified atom stereocenters. The van der Waals surface area contributed by atoms with E-state index in [0.29, 0.717) is 0 Å². The van der Waals surface area contributed by atoms with Crippen molar-refractivity contribution in [3.05, 3.63) is 29.3 Å². The molecule has 0 aromatic heterocycles. The van der Waals surface area contributed by atoms with E-state index < -0.39 is 6.10 Å². The van der Waals surface area contributed by atoms with Crippen molar-refractivity contribution in [1.82, 2.24) is 0 Å². The first-order valence-electron chi connectivity index (χ1n) is 5.81. The van der Waals surface area contributed by atoms with Crippen molar-refractivity contribution < 1.29 is 9.84 Å². The van der Waals surface area contributed by atoms with Crippen LogP contribution < -0.4 is 10.5 Å². The van der Waals surface area contributed by atoms with Crippen LogP contribution in [0.4, 0.5) is 0 Å². The Bertz CT molecular complexity index is 376. The highest BCUT2D eigenvalue weighted by molar-refractivity contribution is 5.40. The van der Waals surface area contributed by atoms with E-state index in [1.807, 2.05) is 25.1 Å². The zero-order valence-electron chi connectivity index (χ0n) is 9.81. The molecule has 3 heteroatoms. The lowest BCUT2D eigenvalue weighted by Gasteiger charge is -2.18. The molecule has 0 amide bonds. The first-order chi connectivity index (χ1) is 7.58. The molecule has 88 valence electrons. The van der Waals surface area contributed by atoms with Crippen LogP contribution in [-0.2, 0) is 6.42 Å². The zero-order chi connectivity index (χ0) is 11.7. The van der Waals surface area contributed by atoms with Crippen molar-refractivity contribution in [2.45, 2.75) is 44.9 Å². The van der Waals surface area contributed by atoms with Gasteiger partial charge in [-0.2, -0.15) is 0 Å². The summed E-state index contributed by atoms with van der Waals surface area (Å²) < 4.78 is 5.65. The average Bonchev–Trinajstić information content (AvgIpc) is 2.60. The summed E-state index contributed by atoms with van der Waals surface area (Å²) in [5, 5.41) is 9.37. The maximum absolute atomic E-state index is 9.37. The second-order valence-electron chi connectivity index (χ2n) is 4.57. The van der Waals surface area contributed by atoms with Gasteiger partial charge in [-0.25, -0.2) is 0 Å². The molecule has 2 rings (SSSR count). The van der Waals surface area contributed by atoms with Crippen LogP contribution in [0.3, 0.4) is 0 Å². The third-order valence-electron chi connectivity index (χ3n) is 3.24. The van der Waals surface area contributed by atoms with E-state index in [2.05, 4.69) is 0 Å². The van der Waals surface area contributed by atoms with Gasteiger partial charge in [0, 0.05) is 6.04 Å². The molecule has 3 atom stereocenters. The second-order valence-corrected chi connectivity index (χ2v) is 4.57. The Morgan fingerprint density at radius 2 is 2.19 bits per heavy atom. The molecule has 1 aliphatic rings. The molecule has 1 aromatic carbocycles. The Morgan fingerprint density at radius 1 is 1.44 bits per heavy atom. The minimum Gasteiger partial charge on any atom is -0.488 e. The summed E-state index contributed by atoms with van der Waals surface area (Å²) >= 11 is 0. The van der Waals surface area contributed by atoms with Gasteiger partial charge in [-0.05, 0) is 49.9 Å². The van der Waals surface area contributed by atoms with Gasteiger partial charge in [0.2, 0.25) is 0 Å². The summed E-state index contributed by atoms with van der Waals surface area (Å²) in [4.78, 5) is 0. The molecule has 0 aliphatic heterocycles. The maximum Gasteiger partial charge on any atom is 0.121 e. The minimum atomic E-state index is -0.462. The molecule has 1 aromatic rings. The highest BCUT2D eigenvalue weighted by Gasteiger charge is 2.19. The molecule has 0 heterocycles. The largest absolute Gasteiger partial charge is 0.488 e. The summed E-state index contributed by atoms with van der Waals surface area (Å²) in [5.74, 6) is 0.821. The summed E-state index contributed by atoms with van der Waals surface area (Å²) in [7, 11) is 0. The third kappa shape index (κ3) is 2.20. The molecule has 16 heavy (non-hydrogen) atoms. The van der Waals surface area contributed by atoms with Gasteiger partial charge < -0.3 is 15.6 Å². The maximum atomic E-state index is 9.37. The molecule has 3 nitrogen and oxygen atoms in total. The van der Waals surface area contributed by atoms with Gasteiger partial charge in [0.15, 0.2) is 0 Å². The van der Waals surface area contributed by atoms with Crippen molar-refractivity contribution in [3.8, 4) is 5.75 Å². The lowest BCUT2D eigenvalue weighted by atomic mass is 10.1. The molecule has 0 bridgehead atoms. The molecule has 1 aliphatic carbocycles. The third-order valence-corrected chi connectivity index (χ3v) is 3.24. The van der Waals surface area contributed by atoms with Crippen molar-refractivity contribution in [3.63, 3.8) is 0 Å². The fourth-order valence-electron chi connectivity index (χ4n) is 2.01. The number of aliphatic hydroxyl groups is 1. The van der Waals surface area contributed by atoms with Gasteiger partial charge in [-0.3, -0.25) is 0 Å². The topological polar surface area (TPSA) is 55.5 Å². The number of fused-ring (bicyclic) bond motifs is 1. The molecular weight excluding hydrogens is 202 g/mol. The van der Waals surface area contributed by atoms with Crippen LogP contribution in [0.25, 0.3) is 0 Å². The number of aryl methyl sites for hydroxylation is 1. The van der Waals surface area contributed by atoms with E-state index in [0.717, 1.165) is 18.6 Å². The number of benzene rings is 1. The molecule has 0 spiro atoms. The molecule has 0 fully saturated rings. The average molecular weight is 221 g/mol. The van der Waals surface area contributed by atoms with E-state index in [1.165, 1.54) is 11.1 Å². The van der Waals surface area contributed by atoms with E-state index in [-0.39, 0.29) is 12.1 Å². The summed E-state index contributed by atoms with van der Waals surface area (Å²) in [6, 6.07) is 6.19. The Kier molecular flexibility index (Phi) is 3.17. The quantitative estimate of drug-likeness (QED) is 0.818. The van der Waals surface area contributed by atoms with Crippen LogP contribution in [-0.4, -0.2) is 17.3 Å². The molecule has 0 saturated heterocycles. The van der Waals surface area contributed by atoms with Gasteiger partial charge in [0.1, 0.15) is 11.9 Å². The van der Waals surface area contributed by atoms with Gasteiger partial charge >= 0.3 is 0 Å².